The van der Waals surface area contributed by atoms with Gasteiger partial charge in [-0.15, -0.1) is 0 Å². The number of hydrogen-bond acceptors (Lipinski definition) is 1. The first kappa shape index (κ1) is 12.2. The van der Waals surface area contributed by atoms with Crippen LogP contribution in [-0.2, 0) is 0 Å². The standard InChI is InChI=1S/C15H21NO/c1-11-6-5-8-13(10-11)16-15(17)14-9-4-3-7-12(14)2/h3-4,7,9,11,13H,5-6,8,10H2,1-2H3,(H,16,17)/t11-,13-/m0/s1. The first-order valence-corrected chi connectivity index (χ1v) is 6.53. The summed E-state index contributed by atoms with van der Waals surface area (Å²) in [6.45, 7) is 4.25. The maximum Gasteiger partial charge on any atom is 0.251 e. The van der Waals surface area contributed by atoms with Crippen LogP contribution in [0.5, 0.6) is 0 Å². The highest BCUT2D eigenvalue weighted by atomic mass is 16.1. The molecule has 17 heavy (non-hydrogen) atoms. The Bertz CT molecular complexity index is 400. The van der Waals surface area contributed by atoms with Gasteiger partial charge < -0.3 is 5.32 Å². The van der Waals surface area contributed by atoms with Gasteiger partial charge in [-0.3, -0.25) is 4.79 Å². The molecule has 1 aliphatic rings. The number of benzene rings is 1. The number of carbonyl (C=O) groups is 1. The molecule has 1 fully saturated rings. The molecule has 0 spiro atoms. The van der Waals surface area contributed by atoms with E-state index in [9.17, 15) is 4.79 Å². The Balaban J connectivity index is 1.99. The number of nitrogens with one attached hydrogen (secondary N) is 1. The van der Waals surface area contributed by atoms with Crippen molar-refractivity contribution in [3.8, 4) is 0 Å². The summed E-state index contributed by atoms with van der Waals surface area (Å²) in [4.78, 5) is 12.1. The summed E-state index contributed by atoms with van der Waals surface area (Å²) in [6, 6.07) is 8.14. The molecule has 1 aromatic rings. The van der Waals surface area contributed by atoms with Crippen molar-refractivity contribution < 1.29 is 4.79 Å². The van der Waals surface area contributed by atoms with Gasteiger partial charge in [-0.2, -0.15) is 0 Å². The molecule has 0 aromatic heterocycles. The summed E-state index contributed by atoms with van der Waals surface area (Å²) in [5.41, 5.74) is 1.86. The molecule has 1 saturated carbocycles. The van der Waals surface area contributed by atoms with Gasteiger partial charge in [-0.05, 0) is 37.3 Å². The lowest BCUT2D eigenvalue weighted by atomic mass is 9.87. The lowest BCUT2D eigenvalue weighted by Gasteiger charge is -2.27. The molecule has 0 unspecified atom stereocenters. The fourth-order valence-corrected chi connectivity index (χ4v) is 2.66. The number of amides is 1. The van der Waals surface area contributed by atoms with Crippen LogP contribution in [0.1, 0.15) is 48.5 Å². The Morgan fingerprint density at radius 3 is 2.76 bits per heavy atom. The zero-order chi connectivity index (χ0) is 12.3. The van der Waals surface area contributed by atoms with Crippen LogP contribution in [0.4, 0.5) is 0 Å². The van der Waals surface area contributed by atoms with Crippen LogP contribution in [0, 0.1) is 12.8 Å². The molecule has 0 radical (unpaired) electrons. The van der Waals surface area contributed by atoms with Gasteiger partial charge in [0.2, 0.25) is 0 Å². The molecule has 2 atom stereocenters. The van der Waals surface area contributed by atoms with E-state index in [1.807, 2.05) is 31.2 Å². The van der Waals surface area contributed by atoms with Gasteiger partial charge in [-0.1, -0.05) is 38.0 Å². The van der Waals surface area contributed by atoms with E-state index in [0.29, 0.717) is 6.04 Å². The van der Waals surface area contributed by atoms with Crippen LogP contribution in [0.2, 0.25) is 0 Å². The van der Waals surface area contributed by atoms with E-state index in [2.05, 4.69) is 12.2 Å². The molecule has 1 amide bonds. The average molecular weight is 231 g/mol. The fraction of sp³-hybridized carbons (Fsp3) is 0.533. The van der Waals surface area contributed by atoms with Crippen molar-refractivity contribution in [3.63, 3.8) is 0 Å². The van der Waals surface area contributed by atoms with E-state index in [0.717, 1.165) is 29.9 Å². The Hall–Kier alpha value is -1.31. The highest BCUT2D eigenvalue weighted by molar-refractivity contribution is 5.95. The smallest absolute Gasteiger partial charge is 0.251 e. The van der Waals surface area contributed by atoms with E-state index in [4.69, 9.17) is 0 Å². The number of rotatable bonds is 2. The van der Waals surface area contributed by atoms with E-state index in [-0.39, 0.29) is 5.91 Å². The number of hydrogen-bond donors (Lipinski definition) is 1. The SMILES string of the molecule is Cc1ccccc1C(=O)N[C@H]1CCC[C@H](C)C1. The Morgan fingerprint density at radius 2 is 2.06 bits per heavy atom. The van der Waals surface area contributed by atoms with Crippen molar-refractivity contribution in [2.45, 2.75) is 45.6 Å². The summed E-state index contributed by atoms with van der Waals surface area (Å²) >= 11 is 0. The van der Waals surface area contributed by atoms with Gasteiger partial charge in [0.15, 0.2) is 0 Å². The van der Waals surface area contributed by atoms with Gasteiger partial charge in [0, 0.05) is 11.6 Å². The fourth-order valence-electron chi connectivity index (χ4n) is 2.66. The van der Waals surface area contributed by atoms with E-state index in [1.165, 1.54) is 12.8 Å². The zero-order valence-electron chi connectivity index (χ0n) is 10.7. The van der Waals surface area contributed by atoms with Crippen LogP contribution < -0.4 is 5.32 Å². The maximum absolute atomic E-state index is 12.1. The molecule has 0 saturated heterocycles. The van der Waals surface area contributed by atoms with Crippen LogP contribution in [0.3, 0.4) is 0 Å². The molecule has 1 aliphatic carbocycles. The third-order valence-electron chi connectivity index (χ3n) is 3.66. The third-order valence-corrected chi connectivity index (χ3v) is 3.66. The van der Waals surface area contributed by atoms with E-state index in [1.54, 1.807) is 0 Å². The number of aryl methyl sites for hydroxylation is 1. The van der Waals surface area contributed by atoms with Gasteiger partial charge >= 0.3 is 0 Å². The molecule has 2 nitrogen and oxygen atoms in total. The topological polar surface area (TPSA) is 29.1 Å². The lowest BCUT2D eigenvalue weighted by molar-refractivity contribution is 0.0921. The third kappa shape index (κ3) is 3.09. The second kappa shape index (κ2) is 5.35. The second-order valence-corrected chi connectivity index (χ2v) is 5.26. The molecule has 92 valence electrons. The minimum absolute atomic E-state index is 0.0854. The van der Waals surface area contributed by atoms with Gasteiger partial charge in [-0.25, -0.2) is 0 Å². The van der Waals surface area contributed by atoms with Gasteiger partial charge in [0.25, 0.3) is 5.91 Å². The van der Waals surface area contributed by atoms with Crippen LogP contribution in [0.15, 0.2) is 24.3 Å². The normalized spacial score (nSPS) is 24.4. The summed E-state index contributed by atoms with van der Waals surface area (Å²) in [5.74, 6) is 0.827. The second-order valence-electron chi connectivity index (χ2n) is 5.26. The maximum atomic E-state index is 12.1. The lowest BCUT2D eigenvalue weighted by Crippen LogP contribution is -2.38. The van der Waals surface area contributed by atoms with Crippen molar-refractivity contribution in [3.05, 3.63) is 35.4 Å². The van der Waals surface area contributed by atoms with Crippen molar-refractivity contribution >= 4 is 5.91 Å². The minimum Gasteiger partial charge on any atom is -0.349 e. The molecular weight excluding hydrogens is 210 g/mol. The number of carbonyl (C=O) groups excluding carboxylic acids is 1. The first-order chi connectivity index (χ1) is 8.16. The van der Waals surface area contributed by atoms with Crippen molar-refractivity contribution in [1.82, 2.24) is 5.32 Å². The predicted molar refractivity (Wildman–Crippen MR) is 70.1 cm³/mol. The Kier molecular flexibility index (Phi) is 3.82. The molecule has 0 heterocycles. The molecule has 0 aliphatic heterocycles. The Labute approximate surface area is 103 Å². The summed E-state index contributed by atoms with van der Waals surface area (Å²) < 4.78 is 0. The van der Waals surface area contributed by atoms with Crippen molar-refractivity contribution in [2.24, 2.45) is 5.92 Å². The van der Waals surface area contributed by atoms with Gasteiger partial charge in [0.1, 0.15) is 0 Å². The quantitative estimate of drug-likeness (QED) is 0.831. The molecule has 0 bridgehead atoms. The highest BCUT2D eigenvalue weighted by Gasteiger charge is 2.21. The molecule has 2 rings (SSSR count). The summed E-state index contributed by atoms with van der Waals surface area (Å²) in [7, 11) is 0. The van der Waals surface area contributed by atoms with Gasteiger partial charge in [0.05, 0.1) is 0 Å². The van der Waals surface area contributed by atoms with E-state index >= 15 is 0 Å². The minimum atomic E-state index is 0.0854. The highest BCUT2D eigenvalue weighted by Crippen LogP contribution is 2.23. The Morgan fingerprint density at radius 1 is 1.29 bits per heavy atom. The summed E-state index contributed by atoms with van der Waals surface area (Å²) in [5, 5.41) is 3.17. The summed E-state index contributed by atoms with van der Waals surface area (Å²) in [6.07, 6.45) is 4.79. The molecule has 1 N–H and O–H groups in total. The molecule has 2 heteroatoms. The monoisotopic (exact) mass is 231 g/mol. The van der Waals surface area contributed by atoms with Crippen molar-refractivity contribution in [2.75, 3.05) is 0 Å². The predicted octanol–water partition coefficient (Wildman–Crippen LogP) is 3.30. The largest absolute Gasteiger partial charge is 0.349 e. The van der Waals surface area contributed by atoms with Crippen molar-refractivity contribution in [1.29, 1.82) is 0 Å². The molecular formula is C15H21NO. The van der Waals surface area contributed by atoms with Crippen LogP contribution in [-0.4, -0.2) is 11.9 Å². The van der Waals surface area contributed by atoms with Crippen LogP contribution in [0.25, 0.3) is 0 Å². The zero-order valence-corrected chi connectivity index (χ0v) is 10.7. The average Bonchev–Trinajstić information content (AvgIpc) is 2.29. The van der Waals surface area contributed by atoms with Crippen LogP contribution >= 0.6 is 0 Å². The first-order valence-electron chi connectivity index (χ1n) is 6.53. The van der Waals surface area contributed by atoms with E-state index < -0.39 is 0 Å². The molecule has 1 aromatic carbocycles.